The van der Waals surface area contributed by atoms with Gasteiger partial charge in [-0.2, -0.15) is 0 Å². The summed E-state index contributed by atoms with van der Waals surface area (Å²) in [6.07, 6.45) is -0.264. The highest BCUT2D eigenvalue weighted by Crippen LogP contribution is 2.15. The van der Waals surface area contributed by atoms with Crippen LogP contribution in [0.4, 0.5) is 0 Å². The van der Waals surface area contributed by atoms with E-state index in [0.717, 1.165) is 15.9 Å². The lowest BCUT2D eigenvalue weighted by Crippen LogP contribution is -2.42. The van der Waals surface area contributed by atoms with Crippen molar-refractivity contribution in [3.05, 3.63) is 32.3 Å². The smallest absolute Gasteiger partial charge is 0.332 e. The third-order valence-corrected chi connectivity index (χ3v) is 3.59. The summed E-state index contributed by atoms with van der Waals surface area (Å²) >= 11 is 1.12. The van der Waals surface area contributed by atoms with Crippen LogP contribution in [-0.4, -0.2) is 26.1 Å². The lowest BCUT2D eigenvalue weighted by Gasteiger charge is -2.09. The Morgan fingerprint density at radius 3 is 2.60 bits per heavy atom. The van der Waals surface area contributed by atoms with E-state index in [1.54, 1.807) is 11.4 Å². The Morgan fingerprint density at radius 2 is 2.00 bits per heavy atom. The van der Waals surface area contributed by atoms with E-state index in [9.17, 15) is 19.2 Å². The second-order valence-electron chi connectivity index (χ2n) is 4.07. The molecule has 106 valence electrons. The van der Waals surface area contributed by atoms with Gasteiger partial charge in [-0.25, -0.2) is 9.36 Å². The number of nitrogens with zero attached hydrogens (tertiary/aromatic N) is 2. The van der Waals surface area contributed by atoms with Crippen molar-refractivity contribution >= 4 is 33.4 Å². The maximum atomic E-state index is 12.2. The van der Waals surface area contributed by atoms with Crippen molar-refractivity contribution in [3.63, 3.8) is 0 Å². The molecule has 2 rings (SSSR count). The van der Waals surface area contributed by atoms with Gasteiger partial charge in [0.05, 0.1) is 11.9 Å². The fourth-order valence-electron chi connectivity index (χ4n) is 1.85. The van der Waals surface area contributed by atoms with Crippen molar-refractivity contribution < 1.29 is 14.7 Å². The Labute approximate surface area is 115 Å². The van der Waals surface area contributed by atoms with Gasteiger partial charge in [-0.1, -0.05) is 0 Å². The van der Waals surface area contributed by atoms with Crippen LogP contribution in [0.2, 0.25) is 0 Å². The summed E-state index contributed by atoms with van der Waals surface area (Å²) in [6, 6.07) is 1.57. The lowest BCUT2D eigenvalue weighted by molar-refractivity contribution is -0.137. The van der Waals surface area contributed by atoms with Crippen LogP contribution in [0.25, 0.3) is 10.2 Å². The third kappa shape index (κ3) is 2.48. The molecule has 9 heteroatoms. The van der Waals surface area contributed by atoms with E-state index >= 15 is 0 Å². The predicted octanol–water partition coefficient (Wildman–Crippen LogP) is -0.815. The number of hydrogen-bond donors (Lipinski definition) is 2. The van der Waals surface area contributed by atoms with Crippen LogP contribution in [0.5, 0.6) is 0 Å². The highest BCUT2D eigenvalue weighted by molar-refractivity contribution is 7.17. The average Bonchev–Trinajstić information content (AvgIpc) is 2.83. The summed E-state index contributed by atoms with van der Waals surface area (Å²) in [5, 5.41) is 10.3. The van der Waals surface area contributed by atoms with Gasteiger partial charge in [0, 0.05) is 6.54 Å². The number of carboxylic acid groups (broad SMARTS) is 1. The predicted molar refractivity (Wildman–Crippen MR) is 71.8 cm³/mol. The number of primary amides is 1. The van der Waals surface area contributed by atoms with Crippen LogP contribution < -0.4 is 17.0 Å². The van der Waals surface area contributed by atoms with Crippen molar-refractivity contribution in [2.45, 2.75) is 19.5 Å². The van der Waals surface area contributed by atoms with E-state index in [4.69, 9.17) is 10.8 Å². The molecule has 0 saturated heterocycles. The molecule has 8 nitrogen and oxygen atoms in total. The molecule has 0 aliphatic carbocycles. The first-order valence-corrected chi connectivity index (χ1v) is 6.50. The zero-order chi connectivity index (χ0) is 14.9. The van der Waals surface area contributed by atoms with Crippen molar-refractivity contribution in [3.8, 4) is 0 Å². The summed E-state index contributed by atoms with van der Waals surface area (Å²) in [5.41, 5.74) is 4.06. The first kappa shape index (κ1) is 14.0. The minimum atomic E-state index is -1.06. The number of aliphatic carboxylic acids is 1. The summed E-state index contributed by atoms with van der Waals surface area (Å²) in [4.78, 5) is 45.8. The number of aryl methyl sites for hydroxylation is 1. The molecular weight excluding hydrogens is 286 g/mol. The van der Waals surface area contributed by atoms with Gasteiger partial charge in [-0.05, 0) is 11.4 Å². The minimum Gasteiger partial charge on any atom is -0.481 e. The molecule has 0 saturated carbocycles. The Balaban J connectivity index is 2.68. The number of amides is 1. The largest absolute Gasteiger partial charge is 0.481 e. The van der Waals surface area contributed by atoms with Crippen LogP contribution in [-0.2, 0) is 22.7 Å². The molecule has 0 spiro atoms. The SMILES string of the molecule is NC(=O)Cn1c(=O)c2sccc2n(CCC(=O)O)c1=O. The second kappa shape index (κ2) is 5.29. The Bertz CT molecular complexity index is 800. The zero-order valence-electron chi connectivity index (χ0n) is 10.2. The number of carbonyl (C=O) groups excluding carboxylic acids is 1. The van der Waals surface area contributed by atoms with Crippen molar-refractivity contribution in [1.82, 2.24) is 9.13 Å². The summed E-state index contributed by atoms with van der Waals surface area (Å²) in [5.74, 6) is -1.88. The molecule has 0 aromatic carbocycles. The third-order valence-electron chi connectivity index (χ3n) is 2.70. The van der Waals surface area contributed by atoms with Crippen LogP contribution in [0.15, 0.2) is 21.0 Å². The van der Waals surface area contributed by atoms with Crippen LogP contribution in [0.3, 0.4) is 0 Å². The van der Waals surface area contributed by atoms with E-state index in [1.807, 2.05) is 0 Å². The fraction of sp³-hybridized carbons (Fsp3) is 0.273. The number of rotatable bonds is 5. The fourth-order valence-corrected chi connectivity index (χ4v) is 2.70. The van der Waals surface area contributed by atoms with Gasteiger partial charge in [0.25, 0.3) is 5.56 Å². The molecule has 1 amide bonds. The minimum absolute atomic E-state index is 0.0829. The van der Waals surface area contributed by atoms with Crippen molar-refractivity contribution in [1.29, 1.82) is 0 Å². The van der Waals surface area contributed by atoms with Gasteiger partial charge in [-0.15, -0.1) is 11.3 Å². The molecule has 2 heterocycles. The van der Waals surface area contributed by atoms with E-state index in [1.165, 1.54) is 4.57 Å². The zero-order valence-corrected chi connectivity index (χ0v) is 11.1. The van der Waals surface area contributed by atoms with Crippen molar-refractivity contribution in [2.24, 2.45) is 5.73 Å². The highest BCUT2D eigenvalue weighted by atomic mass is 32.1. The van der Waals surface area contributed by atoms with Gasteiger partial charge in [0.15, 0.2) is 0 Å². The number of hydrogen-bond acceptors (Lipinski definition) is 5. The van der Waals surface area contributed by atoms with Gasteiger partial charge >= 0.3 is 11.7 Å². The van der Waals surface area contributed by atoms with E-state index in [-0.39, 0.29) is 17.7 Å². The number of aromatic nitrogens is 2. The van der Waals surface area contributed by atoms with Gasteiger partial charge in [0.1, 0.15) is 11.2 Å². The Morgan fingerprint density at radius 1 is 1.30 bits per heavy atom. The lowest BCUT2D eigenvalue weighted by atomic mass is 10.3. The van der Waals surface area contributed by atoms with E-state index in [2.05, 4.69) is 0 Å². The monoisotopic (exact) mass is 297 g/mol. The summed E-state index contributed by atoms with van der Waals surface area (Å²) in [7, 11) is 0. The van der Waals surface area contributed by atoms with E-state index < -0.39 is 29.7 Å². The summed E-state index contributed by atoms with van der Waals surface area (Å²) in [6.45, 7) is -0.612. The van der Waals surface area contributed by atoms with Gasteiger partial charge < -0.3 is 10.8 Å². The molecule has 2 aromatic heterocycles. The molecule has 3 N–H and O–H groups in total. The first-order valence-electron chi connectivity index (χ1n) is 5.62. The molecule has 2 aromatic rings. The maximum absolute atomic E-state index is 12.2. The standard InChI is InChI=1S/C11H11N3O5S/c12-7(15)5-14-10(18)9-6(2-4-20-9)13(11(14)19)3-1-8(16)17/h2,4H,1,3,5H2,(H2,12,15)(H,16,17). The van der Waals surface area contributed by atoms with Crippen LogP contribution >= 0.6 is 11.3 Å². The average molecular weight is 297 g/mol. The molecule has 0 fully saturated rings. The van der Waals surface area contributed by atoms with Gasteiger partial charge in [0.2, 0.25) is 5.91 Å². The normalized spacial score (nSPS) is 10.8. The quantitative estimate of drug-likeness (QED) is 0.746. The van der Waals surface area contributed by atoms with Crippen molar-refractivity contribution in [2.75, 3.05) is 0 Å². The molecule has 0 aliphatic heterocycles. The van der Waals surface area contributed by atoms with Crippen LogP contribution in [0, 0.1) is 0 Å². The molecule has 20 heavy (non-hydrogen) atoms. The number of carboxylic acids is 1. The molecule has 0 unspecified atom stereocenters. The van der Waals surface area contributed by atoms with E-state index in [0.29, 0.717) is 5.52 Å². The molecule has 0 atom stereocenters. The Hall–Kier alpha value is -2.42. The van der Waals surface area contributed by atoms with Crippen LogP contribution in [0.1, 0.15) is 6.42 Å². The molecule has 0 radical (unpaired) electrons. The van der Waals surface area contributed by atoms with Gasteiger partial charge in [-0.3, -0.25) is 19.0 Å². The number of fused-ring (bicyclic) bond motifs is 1. The molecule has 0 bridgehead atoms. The topological polar surface area (TPSA) is 124 Å². The molecule has 0 aliphatic rings. The number of carbonyl (C=O) groups is 2. The first-order chi connectivity index (χ1) is 9.41. The molecular formula is C11H11N3O5S. The highest BCUT2D eigenvalue weighted by Gasteiger charge is 2.15. The number of thiophene rings is 1. The second-order valence-corrected chi connectivity index (χ2v) is 4.99. The summed E-state index contributed by atoms with van der Waals surface area (Å²) < 4.78 is 2.18. The maximum Gasteiger partial charge on any atom is 0.332 e. The number of nitrogens with two attached hydrogens (primary N) is 1. The Kier molecular flexibility index (Phi) is 3.70.